The molecule has 31 heavy (non-hydrogen) atoms. The highest BCUT2D eigenvalue weighted by molar-refractivity contribution is 6.31. The van der Waals surface area contributed by atoms with E-state index in [1.165, 1.54) is 35.2 Å². The third kappa shape index (κ3) is 3.49. The summed E-state index contributed by atoms with van der Waals surface area (Å²) in [7, 11) is 0. The van der Waals surface area contributed by atoms with E-state index in [4.69, 9.17) is 11.6 Å². The molecule has 4 nitrogen and oxygen atoms in total. The van der Waals surface area contributed by atoms with Crippen LogP contribution in [0.3, 0.4) is 0 Å². The minimum Gasteiger partial charge on any atom is -0.330 e. The van der Waals surface area contributed by atoms with Crippen molar-refractivity contribution in [3.8, 4) is 0 Å². The Balaban J connectivity index is 1.70. The number of aromatic nitrogens is 3. The van der Waals surface area contributed by atoms with E-state index >= 15 is 0 Å². The van der Waals surface area contributed by atoms with Gasteiger partial charge in [0, 0.05) is 17.0 Å². The number of hydrogen-bond donors (Lipinski definition) is 0. The summed E-state index contributed by atoms with van der Waals surface area (Å²) in [4.78, 5) is 18.0. The Bertz CT molecular complexity index is 1490. The van der Waals surface area contributed by atoms with Crippen LogP contribution in [0.25, 0.3) is 21.9 Å². The maximum atomic E-state index is 13.5. The first kappa shape index (κ1) is 19.5. The lowest BCUT2D eigenvalue weighted by Gasteiger charge is -2.10. The molecular weight excluding hydrogens is 420 g/mol. The highest BCUT2D eigenvalue weighted by atomic mass is 35.5. The van der Waals surface area contributed by atoms with E-state index in [-0.39, 0.29) is 17.9 Å². The number of para-hydroxylation sites is 1. The Morgan fingerprint density at radius 1 is 0.903 bits per heavy atom. The van der Waals surface area contributed by atoms with Crippen molar-refractivity contribution in [2.75, 3.05) is 0 Å². The molecular formula is C24H16ClF2N3O. The molecule has 0 saturated carbocycles. The van der Waals surface area contributed by atoms with Gasteiger partial charge >= 0.3 is 0 Å². The second-order valence-corrected chi connectivity index (χ2v) is 7.75. The van der Waals surface area contributed by atoms with Gasteiger partial charge in [-0.25, -0.2) is 13.8 Å². The second kappa shape index (κ2) is 7.63. The van der Waals surface area contributed by atoms with Crippen LogP contribution >= 0.6 is 11.6 Å². The Kier molecular flexibility index (Phi) is 4.79. The number of fused-ring (bicyclic) bond motifs is 3. The average Bonchev–Trinajstić information content (AvgIpc) is 3.08. The van der Waals surface area contributed by atoms with E-state index in [0.717, 1.165) is 16.5 Å². The quantitative estimate of drug-likeness (QED) is 0.380. The smallest absolute Gasteiger partial charge is 0.278 e. The summed E-state index contributed by atoms with van der Waals surface area (Å²) in [5, 5.41) is 1.14. The summed E-state index contributed by atoms with van der Waals surface area (Å²) in [6, 6.07) is 17.8. The van der Waals surface area contributed by atoms with Crippen LogP contribution < -0.4 is 5.56 Å². The van der Waals surface area contributed by atoms with Crippen LogP contribution in [-0.2, 0) is 13.1 Å². The fourth-order valence-corrected chi connectivity index (χ4v) is 4.06. The number of hydrogen-bond acceptors (Lipinski definition) is 2. The minimum absolute atomic E-state index is 0.219. The molecule has 0 unspecified atom stereocenters. The SMILES string of the molecule is O=c1c2c(ncn1Cc1ccc(F)cc1)c1ccccc1n2Cc1ccc(F)cc1Cl. The molecule has 5 rings (SSSR count). The fourth-order valence-electron chi connectivity index (χ4n) is 3.83. The molecule has 0 radical (unpaired) electrons. The molecule has 154 valence electrons. The van der Waals surface area contributed by atoms with Gasteiger partial charge in [-0.05, 0) is 41.5 Å². The van der Waals surface area contributed by atoms with Crippen molar-refractivity contribution in [2.24, 2.45) is 0 Å². The molecule has 0 spiro atoms. The monoisotopic (exact) mass is 435 g/mol. The predicted octanol–water partition coefficient (Wildman–Crippen LogP) is 5.38. The summed E-state index contributed by atoms with van der Waals surface area (Å²) >= 11 is 6.26. The largest absolute Gasteiger partial charge is 0.330 e. The van der Waals surface area contributed by atoms with Gasteiger partial charge in [-0.3, -0.25) is 9.36 Å². The van der Waals surface area contributed by atoms with Crippen LogP contribution in [-0.4, -0.2) is 14.1 Å². The Morgan fingerprint density at radius 2 is 1.65 bits per heavy atom. The van der Waals surface area contributed by atoms with Crippen molar-refractivity contribution in [3.63, 3.8) is 0 Å². The van der Waals surface area contributed by atoms with Gasteiger partial charge in [-0.15, -0.1) is 0 Å². The first-order chi connectivity index (χ1) is 15.0. The first-order valence-corrected chi connectivity index (χ1v) is 10.0. The van der Waals surface area contributed by atoms with Crippen molar-refractivity contribution in [2.45, 2.75) is 13.1 Å². The van der Waals surface area contributed by atoms with Gasteiger partial charge in [-0.1, -0.05) is 48.0 Å². The molecule has 0 aliphatic rings. The lowest BCUT2D eigenvalue weighted by molar-refractivity contribution is 0.625. The van der Waals surface area contributed by atoms with Gasteiger partial charge in [0.05, 0.1) is 18.4 Å². The second-order valence-electron chi connectivity index (χ2n) is 7.34. The fraction of sp³-hybridized carbons (Fsp3) is 0.0833. The molecule has 0 amide bonds. The molecule has 3 aromatic carbocycles. The molecule has 0 bridgehead atoms. The molecule has 0 aliphatic carbocycles. The highest BCUT2D eigenvalue weighted by Gasteiger charge is 2.17. The molecule has 0 saturated heterocycles. The van der Waals surface area contributed by atoms with Crippen molar-refractivity contribution in [1.29, 1.82) is 0 Å². The third-order valence-corrected chi connectivity index (χ3v) is 5.70. The zero-order chi connectivity index (χ0) is 21.5. The standard InChI is InChI=1S/C24H16ClF2N3O/c25-20-11-18(27)10-7-16(20)13-30-21-4-2-1-3-19(21)22-23(30)24(31)29(14-28-22)12-15-5-8-17(26)9-6-15/h1-11,14H,12-13H2. The predicted molar refractivity (Wildman–Crippen MR) is 118 cm³/mol. The lowest BCUT2D eigenvalue weighted by atomic mass is 10.2. The number of nitrogens with zero attached hydrogens (tertiary/aromatic N) is 3. The molecule has 2 aromatic heterocycles. The van der Waals surface area contributed by atoms with Gasteiger partial charge in [0.15, 0.2) is 0 Å². The van der Waals surface area contributed by atoms with Gasteiger partial charge in [0.25, 0.3) is 5.56 Å². The summed E-state index contributed by atoms with van der Waals surface area (Å²) in [5.41, 5.74) is 3.12. The molecule has 0 N–H and O–H groups in total. The number of halogens is 3. The van der Waals surface area contributed by atoms with Crippen LogP contribution in [0, 0.1) is 11.6 Å². The molecule has 0 aliphatic heterocycles. The van der Waals surface area contributed by atoms with Crippen LogP contribution in [0.4, 0.5) is 8.78 Å². The molecule has 2 heterocycles. The maximum Gasteiger partial charge on any atom is 0.278 e. The van der Waals surface area contributed by atoms with E-state index in [0.29, 0.717) is 28.2 Å². The maximum absolute atomic E-state index is 13.5. The highest BCUT2D eigenvalue weighted by Crippen LogP contribution is 2.28. The van der Waals surface area contributed by atoms with E-state index in [9.17, 15) is 13.6 Å². The normalized spacial score (nSPS) is 11.5. The summed E-state index contributed by atoms with van der Waals surface area (Å²) in [5.74, 6) is -0.750. The molecule has 5 aromatic rings. The van der Waals surface area contributed by atoms with E-state index in [2.05, 4.69) is 4.98 Å². The van der Waals surface area contributed by atoms with Crippen molar-refractivity contribution in [3.05, 3.63) is 111 Å². The molecule has 7 heteroatoms. The summed E-state index contributed by atoms with van der Waals surface area (Å²) in [6.07, 6.45) is 1.51. The molecule has 0 fully saturated rings. The number of rotatable bonds is 4. The Morgan fingerprint density at radius 3 is 2.42 bits per heavy atom. The van der Waals surface area contributed by atoms with E-state index < -0.39 is 5.82 Å². The van der Waals surface area contributed by atoms with E-state index in [1.54, 1.807) is 18.2 Å². The number of benzene rings is 3. The zero-order valence-electron chi connectivity index (χ0n) is 16.2. The third-order valence-electron chi connectivity index (χ3n) is 5.34. The van der Waals surface area contributed by atoms with E-state index in [1.807, 2.05) is 28.8 Å². The van der Waals surface area contributed by atoms with Gasteiger partial charge in [0.1, 0.15) is 22.7 Å². The topological polar surface area (TPSA) is 39.8 Å². The van der Waals surface area contributed by atoms with Gasteiger partial charge in [0.2, 0.25) is 0 Å². The first-order valence-electron chi connectivity index (χ1n) is 9.66. The van der Waals surface area contributed by atoms with Crippen LogP contribution in [0.2, 0.25) is 5.02 Å². The van der Waals surface area contributed by atoms with Gasteiger partial charge < -0.3 is 4.57 Å². The van der Waals surface area contributed by atoms with Gasteiger partial charge in [-0.2, -0.15) is 0 Å². The van der Waals surface area contributed by atoms with Crippen LogP contribution in [0.15, 0.2) is 77.9 Å². The van der Waals surface area contributed by atoms with Crippen LogP contribution in [0.1, 0.15) is 11.1 Å². The summed E-state index contributed by atoms with van der Waals surface area (Å²) < 4.78 is 30.1. The average molecular weight is 436 g/mol. The minimum atomic E-state index is -0.417. The van der Waals surface area contributed by atoms with Crippen molar-refractivity contribution in [1.82, 2.24) is 14.1 Å². The summed E-state index contributed by atoms with van der Waals surface area (Å²) in [6.45, 7) is 0.557. The van der Waals surface area contributed by atoms with Crippen molar-refractivity contribution >= 4 is 33.5 Å². The Labute approximate surface area is 181 Å². The Hall–Kier alpha value is -3.51. The lowest BCUT2D eigenvalue weighted by Crippen LogP contribution is -2.23. The molecule has 0 atom stereocenters. The van der Waals surface area contributed by atoms with Crippen molar-refractivity contribution < 1.29 is 8.78 Å². The van der Waals surface area contributed by atoms with Crippen LogP contribution in [0.5, 0.6) is 0 Å². The zero-order valence-corrected chi connectivity index (χ0v) is 17.0.